The molecule has 0 spiro atoms. The molecule has 2 heterocycles. The number of fused-ring (bicyclic) bond motifs is 1. The van der Waals surface area contributed by atoms with E-state index in [1.54, 1.807) is 18.7 Å². The van der Waals surface area contributed by atoms with Gasteiger partial charge in [0.15, 0.2) is 0 Å². The monoisotopic (exact) mass is 251 g/mol. The maximum Gasteiger partial charge on any atom is 0.268 e. The van der Waals surface area contributed by atoms with Crippen LogP contribution < -0.4 is 0 Å². The van der Waals surface area contributed by atoms with Gasteiger partial charge in [0, 0.05) is 5.75 Å². The van der Waals surface area contributed by atoms with Gasteiger partial charge in [-0.15, -0.1) is 23.4 Å². The van der Waals surface area contributed by atoms with Crippen LogP contribution in [0.1, 0.15) is 6.92 Å². The lowest BCUT2D eigenvalue weighted by molar-refractivity contribution is -0.139. The van der Waals surface area contributed by atoms with Crippen molar-refractivity contribution in [3.8, 4) is 0 Å². The van der Waals surface area contributed by atoms with Gasteiger partial charge in [-0.2, -0.15) is 0 Å². The predicted octanol–water partition coefficient (Wildman–Crippen LogP) is 1.55. The van der Waals surface area contributed by atoms with Crippen molar-refractivity contribution < 1.29 is 9.59 Å². The van der Waals surface area contributed by atoms with Crippen LogP contribution in [0.15, 0.2) is 11.3 Å². The SMILES string of the molecule is CC1=C(C(=O)Cl)N2C(=O)[C@H](Cl)[C@@H]2SC1. The van der Waals surface area contributed by atoms with Crippen molar-refractivity contribution in [2.45, 2.75) is 17.7 Å². The molecule has 2 atom stereocenters. The Kier molecular flexibility index (Phi) is 2.53. The van der Waals surface area contributed by atoms with Crippen LogP contribution in [-0.4, -0.2) is 32.6 Å². The van der Waals surface area contributed by atoms with Gasteiger partial charge in [-0.05, 0) is 24.1 Å². The average Bonchev–Trinajstić information content (AvgIpc) is 2.15. The zero-order chi connectivity index (χ0) is 10.5. The predicted molar refractivity (Wildman–Crippen MR) is 56.3 cm³/mol. The minimum absolute atomic E-state index is 0.120. The highest BCUT2D eigenvalue weighted by Crippen LogP contribution is 2.42. The van der Waals surface area contributed by atoms with Crippen LogP contribution in [-0.2, 0) is 9.59 Å². The van der Waals surface area contributed by atoms with Crippen molar-refractivity contribution in [3.63, 3.8) is 0 Å². The van der Waals surface area contributed by atoms with E-state index >= 15 is 0 Å². The van der Waals surface area contributed by atoms with Gasteiger partial charge in [-0.3, -0.25) is 14.5 Å². The smallest absolute Gasteiger partial charge is 0.268 e. The van der Waals surface area contributed by atoms with Crippen LogP contribution in [0, 0.1) is 0 Å². The molecular weight excluding hydrogens is 245 g/mol. The third-order valence-corrected chi connectivity index (χ3v) is 4.46. The van der Waals surface area contributed by atoms with Crippen molar-refractivity contribution in [1.82, 2.24) is 4.90 Å². The minimum atomic E-state index is -0.579. The summed E-state index contributed by atoms with van der Waals surface area (Å²) >= 11 is 12.8. The van der Waals surface area contributed by atoms with E-state index < -0.39 is 10.6 Å². The van der Waals surface area contributed by atoms with Gasteiger partial charge >= 0.3 is 0 Å². The molecule has 0 radical (unpaired) electrons. The maximum atomic E-state index is 11.4. The van der Waals surface area contributed by atoms with Gasteiger partial charge in [0.25, 0.3) is 5.24 Å². The Hall–Kier alpha value is -0.190. The fourth-order valence-corrected chi connectivity index (χ4v) is 3.46. The lowest BCUT2D eigenvalue weighted by atomic mass is 10.1. The number of hydrogen-bond donors (Lipinski definition) is 0. The zero-order valence-corrected chi connectivity index (χ0v) is 9.62. The summed E-state index contributed by atoms with van der Waals surface area (Å²) in [6.07, 6.45) is 0. The van der Waals surface area contributed by atoms with Crippen molar-refractivity contribution in [2.75, 3.05) is 5.75 Å². The number of rotatable bonds is 1. The minimum Gasteiger partial charge on any atom is -0.292 e. The summed E-state index contributed by atoms with van der Waals surface area (Å²) in [6.45, 7) is 1.80. The lowest BCUT2D eigenvalue weighted by Gasteiger charge is -2.47. The van der Waals surface area contributed by atoms with E-state index in [4.69, 9.17) is 23.2 Å². The molecule has 76 valence electrons. The van der Waals surface area contributed by atoms with Gasteiger partial charge in [-0.25, -0.2) is 0 Å². The fourth-order valence-electron chi connectivity index (χ4n) is 1.57. The Balaban J connectivity index is 2.37. The summed E-state index contributed by atoms with van der Waals surface area (Å²) in [5, 5.41) is -1.21. The number of alkyl halides is 1. The number of hydrogen-bond acceptors (Lipinski definition) is 3. The first kappa shape index (κ1) is 10.3. The first-order valence-electron chi connectivity index (χ1n) is 4.02. The highest BCUT2D eigenvalue weighted by molar-refractivity contribution is 8.00. The standard InChI is InChI=1S/C8H7Cl2NO2S/c1-3-2-14-8-4(9)7(13)11(8)5(3)6(10)12/h4,8H,2H2,1H3/t4-,8-/m0/s1. The van der Waals surface area contributed by atoms with Crippen LogP contribution in [0.25, 0.3) is 0 Å². The van der Waals surface area contributed by atoms with Gasteiger partial charge in [0.05, 0.1) is 0 Å². The second-order valence-electron chi connectivity index (χ2n) is 3.21. The fraction of sp³-hybridized carbons (Fsp3) is 0.500. The Morgan fingerprint density at radius 1 is 1.64 bits per heavy atom. The van der Waals surface area contributed by atoms with Gasteiger partial charge in [0.1, 0.15) is 16.4 Å². The number of allylic oxidation sites excluding steroid dienone is 1. The number of thioether (sulfide) groups is 1. The van der Waals surface area contributed by atoms with E-state index in [1.807, 2.05) is 0 Å². The molecule has 0 aromatic rings. The molecule has 2 aliphatic heterocycles. The molecule has 0 aromatic carbocycles. The summed E-state index contributed by atoms with van der Waals surface area (Å²) in [6, 6.07) is 0. The van der Waals surface area contributed by atoms with E-state index in [-0.39, 0.29) is 11.3 Å². The molecule has 1 saturated heterocycles. The Morgan fingerprint density at radius 2 is 2.29 bits per heavy atom. The third kappa shape index (κ3) is 1.28. The topological polar surface area (TPSA) is 37.4 Å². The van der Waals surface area contributed by atoms with E-state index in [0.717, 1.165) is 5.57 Å². The zero-order valence-electron chi connectivity index (χ0n) is 7.29. The van der Waals surface area contributed by atoms with Crippen LogP contribution in [0.2, 0.25) is 0 Å². The lowest BCUT2D eigenvalue weighted by Crippen LogP contribution is -2.62. The van der Waals surface area contributed by atoms with Gasteiger partial charge in [0.2, 0.25) is 5.91 Å². The second kappa shape index (κ2) is 3.43. The molecule has 0 aromatic heterocycles. The highest BCUT2D eigenvalue weighted by Gasteiger charge is 2.51. The van der Waals surface area contributed by atoms with E-state index in [9.17, 15) is 9.59 Å². The molecule has 1 fully saturated rings. The Labute approximate surface area is 95.4 Å². The van der Waals surface area contributed by atoms with Crippen molar-refractivity contribution >= 4 is 46.1 Å². The van der Waals surface area contributed by atoms with E-state index in [2.05, 4.69) is 0 Å². The Bertz CT molecular complexity index is 355. The summed E-state index contributed by atoms with van der Waals surface area (Å²) in [5.74, 6) is 0.470. The number of β-lactam (4-membered cyclic amide) rings is 1. The normalized spacial score (nSPS) is 31.4. The van der Waals surface area contributed by atoms with Crippen LogP contribution in [0.3, 0.4) is 0 Å². The van der Waals surface area contributed by atoms with Crippen LogP contribution in [0.5, 0.6) is 0 Å². The van der Waals surface area contributed by atoms with Crippen molar-refractivity contribution in [1.29, 1.82) is 0 Å². The first-order chi connectivity index (χ1) is 6.54. The van der Waals surface area contributed by atoms with Gasteiger partial charge < -0.3 is 0 Å². The molecule has 3 nitrogen and oxygen atoms in total. The second-order valence-corrected chi connectivity index (χ2v) is 5.13. The molecule has 1 amide bonds. The van der Waals surface area contributed by atoms with Crippen molar-refractivity contribution in [3.05, 3.63) is 11.3 Å². The Morgan fingerprint density at radius 3 is 2.86 bits per heavy atom. The molecule has 0 saturated carbocycles. The number of nitrogens with zero attached hydrogens (tertiary/aromatic N) is 1. The van der Waals surface area contributed by atoms with Crippen LogP contribution >= 0.6 is 35.0 Å². The molecule has 0 bridgehead atoms. The quantitative estimate of drug-likeness (QED) is 0.403. The first-order valence-corrected chi connectivity index (χ1v) is 5.88. The van der Waals surface area contributed by atoms with Gasteiger partial charge in [-0.1, -0.05) is 0 Å². The molecule has 0 N–H and O–H groups in total. The largest absolute Gasteiger partial charge is 0.292 e. The number of halogens is 2. The molecule has 2 aliphatic rings. The molecule has 2 rings (SSSR count). The molecule has 0 unspecified atom stereocenters. The third-order valence-electron chi connectivity index (χ3n) is 2.28. The average molecular weight is 252 g/mol. The molecule has 6 heteroatoms. The maximum absolute atomic E-state index is 11.4. The molecule has 14 heavy (non-hydrogen) atoms. The summed E-state index contributed by atoms with van der Waals surface area (Å²) in [5.41, 5.74) is 1.15. The summed E-state index contributed by atoms with van der Waals surface area (Å²) in [4.78, 5) is 23.9. The van der Waals surface area contributed by atoms with Crippen molar-refractivity contribution in [2.24, 2.45) is 0 Å². The van der Waals surface area contributed by atoms with Crippen LogP contribution in [0.4, 0.5) is 0 Å². The highest BCUT2D eigenvalue weighted by atomic mass is 35.5. The van der Waals surface area contributed by atoms with E-state index in [0.29, 0.717) is 11.4 Å². The summed E-state index contributed by atoms with van der Waals surface area (Å²) < 4.78 is 0. The number of carbonyl (C=O) groups excluding carboxylic acids is 2. The molecular formula is C8H7Cl2NO2S. The van der Waals surface area contributed by atoms with E-state index in [1.165, 1.54) is 4.90 Å². The number of carbonyl (C=O) groups is 2. The summed E-state index contributed by atoms with van der Waals surface area (Å²) in [7, 11) is 0. The molecule has 0 aliphatic carbocycles. The number of amides is 1.